The van der Waals surface area contributed by atoms with Crippen molar-refractivity contribution in [3.8, 4) is 0 Å². The van der Waals surface area contributed by atoms with Gasteiger partial charge in [-0.1, -0.05) is 24.3 Å². The second-order valence-electron chi connectivity index (χ2n) is 13.6. The summed E-state index contributed by atoms with van der Waals surface area (Å²) in [6.07, 6.45) is -1.37. The highest BCUT2D eigenvalue weighted by Gasteiger charge is 2.31. The lowest BCUT2D eigenvalue weighted by Gasteiger charge is -2.32. The third kappa shape index (κ3) is 12.7. The number of sulfone groups is 2. The molecule has 0 spiro atoms. The Morgan fingerprint density at radius 3 is 1.29 bits per heavy atom. The molecule has 2 saturated heterocycles. The molecule has 2 fully saturated rings. The number of likely N-dealkylation sites (tertiary alicyclic amines) is 2. The van der Waals surface area contributed by atoms with Crippen molar-refractivity contribution in [3.05, 3.63) is 71.0 Å². The van der Waals surface area contributed by atoms with Gasteiger partial charge >= 0.3 is 6.18 Å². The largest absolute Gasteiger partial charge is 0.416 e. The summed E-state index contributed by atoms with van der Waals surface area (Å²) in [5.74, 6) is 0.107. The number of carbonyl (C=O) groups excluding carboxylic acids is 2. The van der Waals surface area contributed by atoms with E-state index in [1.807, 2.05) is 0 Å². The van der Waals surface area contributed by atoms with Gasteiger partial charge < -0.3 is 9.80 Å². The number of benzene rings is 2. The molecule has 0 radical (unpaired) electrons. The van der Waals surface area contributed by atoms with Crippen molar-refractivity contribution < 1.29 is 44.0 Å². The summed E-state index contributed by atoms with van der Waals surface area (Å²) in [6.45, 7) is 8.90. The van der Waals surface area contributed by atoms with E-state index in [2.05, 4.69) is 0 Å². The quantitative estimate of drug-likeness (QED) is 0.289. The molecule has 49 heavy (non-hydrogen) atoms. The molecule has 0 atom stereocenters. The molecular formula is C35H48F4N2O6S2. The average molecular weight is 733 g/mol. The third-order valence-corrected chi connectivity index (χ3v) is 14.0. The predicted molar refractivity (Wildman–Crippen MR) is 182 cm³/mol. The lowest BCUT2D eigenvalue weighted by molar-refractivity contribution is -0.137. The van der Waals surface area contributed by atoms with Crippen LogP contribution in [0.5, 0.6) is 0 Å². The zero-order valence-electron chi connectivity index (χ0n) is 28.6. The zero-order chi connectivity index (χ0) is 36.6. The summed E-state index contributed by atoms with van der Waals surface area (Å²) in [6, 6.07) is 10.5. The number of amides is 2. The van der Waals surface area contributed by atoms with Crippen LogP contribution in [0, 0.1) is 17.7 Å². The van der Waals surface area contributed by atoms with E-state index in [1.54, 1.807) is 49.6 Å². The van der Waals surface area contributed by atoms with Gasteiger partial charge in [0.2, 0.25) is 11.8 Å². The summed E-state index contributed by atoms with van der Waals surface area (Å²) in [5.41, 5.74) is 0.592. The van der Waals surface area contributed by atoms with E-state index in [1.165, 1.54) is 24.3 Å². The van der Waals surface area contributed by atoms with Crippen LogP contribution in [0.25, 0.3) is 0 Å². The highest BCUT2D eigenvalue weighted by Crippen LogP contribution is 2.29. The van der Waals surface area contributed by atoms with Crippen LogP contribution in [0.15, 0.2) is 48.5 Å². The molecule has 8 nitrogen and oxygen atoms in total. The maximum absolute atomic E-state index is 12.9. The molecule has 2 aliphatic rings. The molecule has 274 valence electrons. The van der Waals surface area contributed by atoms with Crippen LogP contribution in [0.2, 0.25) is 0 Å². The van der Waals surface area contributed by atoms with Crippen molar-refractivity contribution in [1.82, 2.24) is 9.80 Å². The highest BCUT2D eigenvalue weighted by molar-refractivity contribution is 7.92. The number of hydrogen-bond acceptors (Lipinski definition) is 6. The summed E-state index contributed by atoms with van der Waals surface area (Å²) in [5, 5.41) is -0.748. The fourth-order valence-corrected chi connectivity index (χ4v) is 8.48. The van der Waals surface area contributed by atoms with Crippen LogP contribution < -0.4 is 0 Å². The predicted octanol–water partition coefficient (Wildman–Crippen LogP) is 5.74. The van der Waals surface area contributed by atoms with E-state index < -0.39 is 36.7 Å². The van der Waals surface area contributed by atoms with Gasteiger partial charge in [-0.15, -0.1) is 0 Å². The van der Waals surface area contributed by atoms with Crippen LogP contribution in [0.4, 0.5) is 17.6 Å². The first kappa shape index (κ1) is 40.4. The monoisotopic (exact) mass is 732 g/mol. The van der Waals surface area contributed by atoms with Crippen LogP contribution in [-0.4, -0.2) is 86.6 Å². The Hall–Kier alpha value is -3.00. The summed E-state index contributed by atoms with van der Waals surface area (Å²) < 4.78 is 98.5. The van der Waals surface area contributed by atoms with E-state index in [0.29, 0.717) is 44.6 Å². The van der Waals surface area contributed by atoms with Gasteiger partial charge in [-0.05, 0) is 101 Å². The Morgan fingerprint density at radius 2 is 0.980 bits per heavy atom. The van der Waals surface area contributed by atoms with Crippen LogP contribution in [0.1, 0.15) is 70.1 Å². The van der Waals surface area contributed by atoms with Crippen LogP contribution in [0.3, 0.4) is 0 Å². The van der Waals surface area contributed by atoms with E-state index >= 15 is 0 Å². The molecule has 4 rings (SSSR count). The number of rotatable bonds is 10. The van der Waals surface area contributed by atoms with E-state index in [0.717, 1.165) is 30.5 Å². The van der Waals surface area contributed by atoms with Crippen molar-refractivity contribution in [3.63, 3.8) is 0 Å². The summed E-state index contributed by atoms with van der Waals surface area (Å²) in [7, 11) is -6.12. The maximum atomic E-state index is 12.9. The molecule has 0 bridgehead atoms. The standard InChI is InChI=1S/C18H24F3NO3S.C17H24FNO3S/c1-13(2)26(24,25)12-15-7-9-22(10-8-15)17(23)11-14-3-5-16(6-4-14)18(19,20)21;1-13(2)23(21,22)12-15-7-9-19(10-8-15)17(20)11-14-3-5-16(18)6-4-14/h3-6,13,15H,7-12H2,1-2H3;3-6,13,15H,7-12H2,1-2H3. The van der Waals surface area contributed by atoms with Gasteiger partial charge in [0.15, 0.2) is 19.7 Å². The van der Waals surface area contributed by atoms with E-state index in [4.69, 9.17) is 0 Å². The van der Waals surface area contributed by atoms with Gasteiger partial charge in [-0.3, -0.25) is 9.59 Å². The number of nitrogens with zero attached hydrogens (tertiary/aromatic N) is 2. The fourth-order valence-electron chi connectivity index (χ4n) is 5.73. The van der Waals surface area contributed by atoms with Crippen molar-refractivity contribution in [2.45, 2.75) is 82.9 Å². The normalized spacial score (nSPS) is 16.9. The zero-order valence-corrected chi connectivity index (χ0v) is 30.2. The third-order valence-electron chi connectivity index (χ3n) is 9.21. The van der Waals surface area contributed by atoms with Gasteiger partial charge in [-0.25, -0.2) is 21.2 Å². The average Bonchev–Trinajstić information content (AvgIpc) is 3.02. The van der Waals surface area contributed by atoms with Crippen molar-refractivity contribution in [2.24, 2.45) is 11.8 Å². The molecule has 0 N–H and O–H groups in total. The number of alkyl halides is 3. The van der Waals surface area contributed by atoms with Gasteiger partial charge in [0.25, 0.3) is 0 Å². The maximum Gasteiger partial charge on any atom is 0.416 e. The van der Waals surface area contributed by atoms with Crippen LogP contribution in [-0.2, 0) is 48.3 Å². The first-order valence-corrected chi connectivity index (χ1v) is 20.1. The lowest BCUT2D eigenvalue weighted by Crippen LogP contribution is -2.41. The minimum absolute atomic E-state index is 0.0155. The highest BCUT2D eigenvalue weighted by atomic mass is 32.2. The van der Waals surface area contributed by atoms with Gasteiger partial charge in [-0.2, -0.15) is 13.2 Å². The SMILES string of the molecule is CC(C)S(=O)(=O)CC1CCN(C(=O)Cc2ccc(C(F)(F)F)cc2)CC1.CC(C)S(=O)(=O)CC1CCN(C(=O)Cc2ccc(F)cc2)CC1. The van der Waals surface area contributed by atoms with Crippen molar-refractivity contribution in [2.75, 3.05) is 37.7 Å². The molecule has 14 heteroatoms. The molecular weight excluding hydrogens is 685 g/mol. The molecule has 2 aromatic rings. The number of halogens is 4. The van der Waals surface area contributed by atoms with Crippen molar-refractivity contribution in [1.29, 1.82) is 0 Å². The minimum atomic E-state index is -4.39. The smallest absolute Gasteiger partial charge is 0.342 e. The summed E-state index contributed by atoms with van der Waals surface area (Å²) in [4.78, 5) is 28.0. The molecule has 0 aromatic heterocycles. The summed E-state index contributed by atoms with van der Waals surface area (Å²) >= 11 is 0. The van der Waals surface area contributed by atoms with E-state index in [-0.39, 0.29) is 59.1 Å². The van der Waals surface area contributed by atoms with Gasteiger partial charge in [0, 0.05) is 26.2 Å². The molecule has 2 amide bonds. The molecule has 0 saturated carbocycles. The molecule has 2 heterocycles. The Labute approximate surface area is 288 Å². The number of hydrogen-bond donors (Lipinski definition) is 0. The Morgan fingerprint density at radius 1 is 0.653 bits per heavy atom. The van der Waals surface area contributed by atoms with Crippen LogP contribution >= 0.6 is 0 Å². The Kier molecular flexibility index (Phi) is 14.3. The fraction of sp³-hybridized carbons (Fsp3) is 0.600. The first-order valence-electron chi connectivity index (χ1n) is 16.7. The second-order valence-corrected chi connectivity index (χ2v) is 18.8. The van der Waals surface area contributed by atoms with Gasteiger partial charge in [0.05, 0.1) is 40.4 Å². The Bertz CT molecular complexity index is 1590. The number of piperidine rings is 2. The molecule has 2 aromatic carbocycles. The lowest BCUT2D eigenvalue weighted by atomic mass is 9.98. The second kappa shape index (κ2) is 17.3. The van der Waals surface area contributed by atoms with Crippen molar-refractivity contribution >= 4 is 31.5 Å². The minimum Gasteiger partial charge on any atom is -0.342 e. The topological polar surface area (TPSA) is 109 Å². The Balaban J connectivity index is 0.000000267. The first-order chi connectivity index (χ1) is 22.8. The molecule has 0 aliphatic carbocycles. The molecule has 2 aliphatic heterocycles. The molecule has 0 unspecified atom stereocenters. The van der Waals surface area contributed by atoms with E-state index in [9.17, 15) is 44.0 Å². The number of carbonyl (C=O) groups is 2. The van der Waals surface area contributed by atoms with Gasteiger partial charge in [0.1, 0.15) is 5.82 Å².